The Morgan fingerprint density at radius 1 is 1.33 bits per heavy atom. The molecular weight excluding hydrogens is 228 g/mol. The molecule has 0 bridgehead atoms. The summed E-state index contributed by atoms with van der Waals surface area (Å²) < 4.78 is 5.39. The molecule has 0 saturated heterocycles. The summed E-state index contributed by atoms with van der Waals surface area (Å²) in [5, 5.41) is 7.34. The van der Waals surface area contributed by atoms with Gasteiger partial charge in [-0.05, 0) is 32.0 Å². The lowest BCUT2D eigenvalue weighted by atomic mass is 10.0. The molecule has 0 amide bonds. The number of hydrogen-bond acceptors (Lipinski definition) is 5. The van der Waals surface area contributed by atoms with E-state index >= 15 is 0 Å². The summed E-state index contributed by atoms with van der Waals surface area (Å²) in [6.45, 7) is 0. The van der Waals surface area contributed by atoms with E-state index in [1.807, 2.05) is 25.2 Å². The van der Waals surface area contributed by atoms with Crippen LogP contribution in [0.2, 0.25) is 0 Å². The van der Waals surface area contributed by atoms with Gasteiger partial charge in [-0.15, -0.1) is 0 Å². The van der Waals surface area contributed by atoms with Crippen molar-refractivity contribution < 1.29 is 4.52 Å². The van der Waals surface area contributed by atoms with Gasteiger partial charge in [0.05, 0.1) is 5.92 Å². The van der Waals surface area contributed by atoms with Crippen LogP contribution in [0.25, 0.3) is 11.5 Å². The van der Waals surface area contributed by atoms with Crippen LogP contribution in [0.1, 0.15) is 31.1 Å². The van der Waals surface area contributed by atoms with Crippen molar-refractivity contribution >= 4 is 0 Å². The Labute approximate surface area is 106 Å². The maximum Gasteiger partial charge on any atom is 0.231 e. The standard InChI is InChI=1S/C13H16N4O/c1-14-10-7-4-5-9(10)13-16-12(17-18-13)11-6-2-3-8-15-11/h2-3,6,8-10,14H,4-5,7H2,1H3/t9-,10-/m1/s1. The number of pyridine rings is 1. The van der Waals surface area contributed by atoms with Crippen molar-refractivity contribution in [1.82, 2.24) is 20.4 Å². The molecule has 1 N–H and O–H groups in total. The van der Waals surface area contributed by atoms with Crippen LogP contribution < -0.4 is 5.32 Å². The smallest absolute Gasteiger partial charge is 0.231 e. The summed E-state index contributed by atoms with van der Waals surface area (Å²) in [6.07, 6.45) is 5.21. The third-order valence-corrected chi connectivity index (χ3v) is 3.54. The Bertz CT molecular complexity index is 511. The van der Waals surface area contributed by atoms with E-state index in [4.69, 9.17) is 4.52 Å². The topological polar surface area (TPSA) is 63.8 Å². The number of hydrogen-bond donors (Lipinski definition) is 1. The SMILES string of the molecule is CN[C@@H]1CCC[C@H]1c1nc(-c2ccccn2)no1. The summed E-state index contributed by atoms with van der Waals surface area (Å²) in [5.74, 6) is 1.64. The lowest BCUT2D eigenvalue weighted by Crippen LogP contribution is -2.27. The van der Waals surface area contributed by atoms with Gasteiger partial charge in [-0.25, -0.2) is 0 Å². The highest BCUT2D eigenvalue weighted by atomic mass is 16.5. The van der Waals surface area contributed by atoms with Crippen molar-refractivity contribution in [2.75, 3.05) is 7.05 Å². The molecule has 0 spiro atoms. The molecule has 2 aromatic rings. The van der Waals surface area contributed by atoms with Gasteiger partial charge < -0.3 is 9.84 Å². The van der Waals surface area contributed by atoms with Crippen LogP contribution in [0.3, 0.4) is 0 Å². The number of likely N-dealkylation sites (N-methyl/N-ethyl adjacent to an activating group) is 1. The maximum absolute atomic E-state index is 5.39. The average Bonchev–Trinajstić information content (AvgIpc) is 3.08. The Kier molecular flexibility index (Phi) is 3.06. The second kappa shape index (κ2) is 4.86. The Morgan fingerprint density at radius 3 is 3.06 bits per heavy atom. The summed E-state index contributed by atoms with van der Waals surface area (Å²) in [4.78, 5) is 8.71. The largest absolute Gasteiger partial charge is 0.339 e. The number of aromatic nitrogens is 3. The zero-order chi connectivity index (χ0) is 12.4. The summed E-state index contributed by atoms with van der Waals surface area (Å²) in [6, 6.07) is 6.13. The van der Waals surface area contributed by atoms with Crippen LogP contribution in [-0.4, -0.2) is 28.2 Å². The van der Waals surface area contributed by atoms with Gasteiger partial charge in [0, 0.05) is 12.2 Å². The Balaban J connectivity index is 1.86. The van der Waals surface area contributed by atoms with E-state index in [1.165, 1.54) is 12.8 Å². The number of nitrogens with one attached hydrogen (secondary N) is 1. The highest BCUT2D eigenvalue weighted by Crippen LogP contribution is 2.34. The van der Waals surface area contributed by atoms with Gasteiger partial charge in [0.25, 0.3) is 0 Å². The first-order valence-corrected chi connectivity index (χ1v) is 6.31. The van der Waals surface area contributed by atoms with E-state index in [9.17, 15) is 0 Å². The molecule has 5 nitrogen and oxygen atoms in total. The van der Waals surface area contributed by atoms with Crippen molar-refractivity contribution in [3.63, 3.8) is 0 Å². The van der Waals surface area contributed by atoms with Gasteiger partial charge in [-0.1, -0.05) is 17.6 Å². The molecule has 94 valence electrons. The molecule has 1 aliphatic carbocycles. The lowest BCUT2D eigenvalue weighted by molar-refractivity contribution is 0.335. The van der Waals surface area contributed by atoms with Crippen LogP contribution in [0.5, 0.6) is 0 Å². The van der Waals surface area contributed by atoms with E-state index in [2.05, 4.69) is 20.4 Å². The van der Waals surface area contributed by atoms with Gasteiger partial charge >= 0.3 is 0 Å². The van der Waals surface area contributed by atoms with Crippen LogP contribution >= 0.6 is 0 Å². The summed E-state index contributed by atoms with van der Waals surface area (Å²) in [5.41, 5.74) is 0.756. The Hall–Kier alpha value is -1.75. The van der Waals surface area contributed by atoms with E-state index in [1.54, 1.807) is 6.20 Å². The van der Waals surface area contributed by atoms with Gasteiger partial charge in [0.2, 0.25) is 11.7 Å². The molecule has 1 saturated carbocycles. The fourth-order valence-electron chi connectivity index (χ4n) is 2.59. The van der Waals surface area contributed by atoms with Crippen LogP contribution in [-0.2, 0) is 0 Å². The minimum Gasteiger partial charge on any atom is -0.339 e. The third-order valence-electron chi connectivity index (χ3n) is 3.54. The second-order valence-corrected chi connectivity index (χ2v) is 4.60. The van der Waals surface area contributed by atoms with E-state index in [0.29, 0.717) is 17.8 Å². The lowest BCUT2D eigenvalue weighted by Gasteiger charge is -2.14. The van der Waals surface area contributed by atoms with E-state index < -0.39 is 0 Å². The predicted molar refractivity (Wildman–Crippen MR) is 67.0 cm³/mol. The molecule has 0 aliphatic heterocycles. The van der Waals surface area contributed by atoms with Crippen LogP contribution in [0.4, 0.5) is 0 Å². The minimum atomic E-state index is 0.333. The fourth-order valence-corrected chi connectivity index (χ4v) is 2.59. The zero-order valence-corrected chi connectivity index (χ0v) is 10.3. The van der Waals surface area contributed by atoms with Crippen molar-refractivity contribution in [2.24, 2.45) is 0 Å². The molecule has 0 unspecified atom stereocenters. The van der Waals surface area contributed by atoms with Gasteiger partial charge in [0.15, 0.2) is 0 Å². The molecule has 18 heavy (non-hydrogen) atoms. The van der Waals surface area contributed by atoms with Crippen LogP contribution in [0.15, 0.2) is 28.9 Å². The normalized spacial score (nSPS) is 23.4. The average molecular weight is 244 g/mol. The van der Waals surface area contributed by atoms with Gasteiger partial charge in [0.1, 0.15) is 5.69 Å². The van der Waals surface area contributed by atoms with Crippen LogP contribution in [0, 0.1) is 0 Å². The quantitative estimate of drug-likeness (QED) is 0.894. The van der Waals surface area contributed by atoms with E-state index in [0.717, 1.165) is 18.0 Å². The highest BCUT2D eigenvalue weighted by molar-refractivity contribution is 5.47. The molecule has 0 aromatic carbocycles. The van der Waals surface area contributed by atoms with E-state index in [-0.39, 0.29) is 0 Å². The monoisotopic (exact) mass is 244 g/mol. The first kappa shape index (κ1) is 11.3. The molecule has 3 rings (SSSR count). The van der Waals surface area contributed by atoms with Crippen molar-refractivity contribution in [1.29, 1.82) is 0 Å². The van der Waals surface area contributed by atoms with Crippen molar-refractivity contribution in [3.8, 4) is 11.5 Å². The van der Waals surface area contributed by atoms with Crippen molar-refractivity contribution in [3.05, 3.63) is 30.3 Å². The number of nitrogens with zero attached hydrogens (tertiary/aromatic N) is 3. The Morgan fingerprint density at radius 2 is 2.28 bits per heavy atom. The third kappa shape index (κ3) is 2.01. The van der Waals surface area contributed by atoms with Gasteiger partial charge in [-0.2, -0.15) is 4.98 Å². The summed E-state index contributed by atoms with van der Waals surface area (Å²) in [7, 11) is 1.99. The zero-order valence-electron chi connectivity index (χ0n) is 10.3. The highest BCUT2D eigenvalue weighted by Gasteiger charge is 2.31. The van der Waals surface area contributed by atoms with Gasteiger partial charge in [-0.3, -0.25) is 4.98 Å². The first-order chi connectivity index (χ1) is 8.88. The predicted octanol–water partition coefficient (Wildman–Crippen LogP) is 1.99. The molecular formula is C13H16N4O. The molecule has 1 fully saturated rings. The molecule has 2 heterocycles. The minimum absolute atomic E-state index is 0.333. The molecule has 1 aliphatic rings. The molecule has 5 heteroatoms. The molecule has 2 aromatic heterocycles. The summed E-state index contributed by atoms with van der Waals surface area (Å²) >= 11 is 0. The van der Waals surface area contributed by atoms with Crippen molar-refractivity contribution in [2.45, 2.75) is 31.2 Å². The maximum atomic E-state index is 5.39. The fraction of sp³-hybridized carbons (Fsp3) is 0.462. The molecule has 2 atom stereocenters. The number of rotatable bonds is 3. The molecule has 0 radical (unpaired) electrons. The first-order valence-electron chi connectivity index (χ1n) is 6.31. The second-order valence-electron chi connectivity index (χ2n) is 4.60.